The first-order valence-corrected chi connectivity index (χ1v) is 7.68. The molecule has 1 aromatic rings. The van der Waals surface area contributed by atoms with E-state index in [2.05, 4.69) is 20.7 Å². The van der Waals surface area contributed by atoms with E-state index in [9.17, 15) is 22.0 Å². The molecular formula is C11H9BrF2N2O4S. The van der Waals surface area contributed by atoms with Crippen molar-refractivity contribution >= 4 is 31.9 Å². The van der Waals surface area contributed by atoms with Crippen LogP contribution in [0.1, 0.15) is 6.92 Å². The minimum Gasteiger partial charge on any atom is -0.446 e. The number of carbonyl (C=O) groups is 1. The van der Waals surface area contributed by atoms with Crippen LogP contribution in [0.2, 0.25) is 0 Å². The molecule has 0 aliphatic rings. The van der Waals surface area contributed by atoms with Crippen molar-refractivity contribution in [3.05, 3.63) is 28.2 Å². The molecule has 0 saturated carbocycles. The maximum Gasteiger partial charge on any atom is 0.322 e. The Kier molecular flexibility index (Phi) is 5.77. The number of hydrogen-bond acceptors (Lipinski definition) is 5. The van der Waals surface area contributed by atoms with E-state index in [0.29, 0.717) is 6.07 Å². The summed E-state index contributed by atoms with van der Waals surface area (Å²) in [6.45, 7) is 0.500. The van der Waals surface area contributed by atoms with Gasteiger partial charge in [-0.1, -0.05) is 0 Å². The molecule has 1 atom stereocenters. The zero-order chi connectivity index (χ0) is 16.2. The Labute approximate surface area is 127 Å². The van der Waals surface area contributed by atoms with Gasteiger partial charge in [-0.25, -0.2) is 17.2 Å². The van der Waals surface area contributed by atoms with Gasteiger partial charge in [-0.15, -0.1) is 0 Å². The number of nitrogens with zero attached hydrogens (tertiary/aromatic N) is 1. The molecular weight excluding hydrogens is 374 g/mol. The van der Waals surface area contributed by atoms with Crippen LogP contribution in [-0.4, -0.2) is 27.0 Å². The average Bonchev–Trinajstić information content (AvgIpc) is 2.34. The second-order valence-corrected chi connectivity index (χ2v) is 6.34. The van der Waals surface area contributed by atoms with Crippen LogP contribution >= 0.6 is 15.9 Å². The van der Waals surface area contributed by atoms with Gasteiger partial charge < -0.3 is 4.74 Å². The van der Waals surface area contributed by atoms with Gasteiger partial charge in [0.25, 0.3) is 0 Å². The molecule has 6 nitrogen and oxygen atoms in total. The smallest absolute Gasteiger partial charge is 0.322 e. The number of halogens is 3. The maximum absolute atomic E-state index is 13.5. The molecule has 21 heavy (non-hydrogen) atoms. The lowest BCUT2D eigenvalue weighted by atomic mass is 10.3. The summed E-state index contributed by atoms with van der Waals surface area (Å²) in [5, 5.41) is 8.43. The molecule has 0 radical (unpaired) electrons. The predicted molar refractivity (Wildman–Crippen MR) is 70.4 cm³/mol. The highest BCUT2D eigenvalue weighted by molar-refractivity contribution is 9.10. The van der Waals surface area contributed by atoms with Gasteiger partial charge in [0.05, 0.1) is 0 Å². The molecule has 0 aliphatic carbocycles. The van der Waals surface area contributed by atoms with Crippen LogP contribution in [0.25, 0.3) is 0 Å². The molecule has 0 aromatic heterocycles. The lowest BCUT2D eigenvalue weighted by Crippen LogP contribution is -2.32. The zero-order valence-electron chi connectivity index (χ0n) is 10.6. The molecule has 0 bridgehead atoms. The third-order valence-electron chi connectivity index (χ3n) is 2.13. The second-order valence-electron chi connectivity index (χ2n) is 3.78. The van der Waals surface area contributed by atoms with E-state index in [4.69, 9.17) is 5.26 Å². The van der Waals surface area contributed by atoms with Gasteiger partial charge >= 0.3 is 5.97 Å². The first-order valence-electron chi connectivity index (χ1n) is 5.40. The van der Waals surface area contributed by atoms with E-state index < -0.39 is 45.2 Å². The summed E-state index contributed by atoms with van der Waals surface area (Å²) in [4.78, 5) is 10.4. The molecule has 0 aliphatic heterocycles. The Morgan fingerprint density at radius 3 is 2.67 bits per heavy atom. The predicted octanol–water partition coefficient (Wildman–Crippen LogP) is 1.46. The summed E-state index contributed by atoms with van der Waals surface area (Å²) in [5.74, 6) is -3.28. The molecule has 0 heterocycles. The van der Waals surface area contributed by atoms with Gasteiger partial charge in [0.1, 0.15) is 29.1 Å². The minimum atomic E-state index is -4.40. The molecule has 0 unspecified atom stereocenters. The molecule has 10 heteroatoms. The molecule has 114 valence electrons. The minimum absolute atomic E-state index is 0.328. The summed E-state index contributed by atoms with van der Waals surface area (Å²) in [7, 11) is -4.40. The van der Waals surface area contributed by atoms with E-state index >= 15 is 0 Å². The molecule has 1 N–H and O–H groups in total. The fourth-order valence-corrected chi connectivity index (χ4v) is 3.41. The highest BCUT2D eigenvalue weighted by Gasteiger charge is 2.24. The van der Waals surface area contributed by atoms with Gasteiger partial charge in [0.15, 0.2) is 6.10 Å². The van der Waals surface area contributed by atoms with Gasteiger partial charge in [0, 0.05) is 10.5 Å². The number of nitrogens with one attached hydrogen (secondary N) is 1. The van der Waals surface area contributed by atoms with E-state index in [0.717, 1.165) is 6.07 Å². The van der Waals surface area contributed by atoms with Crippen LogP contribution in [-0.2, 0) is 19.6 Å². The van der Waals surface area contributed by atoms with Gasteiger partial charge in [-0.3, -0.25) is 4.79 Å². The first-order chi connectivity index (χ1) is 9.67. The number of carbonyl (C=O) groups excluding carboxylic acids is 1. The van der Waals surface area contributed by atoms with Gasteiger partial charge in [-0.2, -0.15) is 9.98 Å². The van der Waals surface area contributed by atoms with Crippen molar-refractivity contribution in [3.8, 4) is 6.07 Å². The Balaban J connectivity index is 2.89. The quantitative estimate of drug-likeness (QED) is 0.777. The first kappa shape index (κ1) is 17.5. The lowest BCUT2D eigenvalue weighted by Gasteiger charge is -2.10. The standard InChI is InChI=1S/C11H9BrF2N2O4S/c1-6(4-15)20-10(17)5-16-21(18,19)11-8(12)2-7(13)3-9(11)14/h2-3,6,16H,5H2,1H3/t6-/m0/s1. The second kappa shape index (κ2) is 6.93. The van der Waals surface area contributed by atoms with Crippen molar-refractivity contribution in [2.45, 2.75) is 17.9 Å². The van der Waals surface area contributed by atoms with Crippen LogP contribution in [0.3, 0.4) is 0 Å². The van der Waals surface area contributed by atoms with Crippen molar-refractivity contribution in [3.63, 3.8) is 0 Å². The van der Waals surface area contributed by atoms with E-state index in [1.165, 1.54) is 6.92 Å². The van der Waals surface area contributed by atoms with Crippen LogP contribution in [0.5, 0.6) is 0 Å². The van der Waals surface area contributed by atoms with Gasteiger partial charge in [0.2, 0.25) is 10.0 Å². The number of hydrogen-bond donors (Lipinski definition) is 1. The summed E-state index contributed by atoms with van der Waals surface area (Å²) in [5.41, 5.74) is 0. The van der Waals surface area contributed by atoms with Crippen LogP contribution in [0, 0.1) is 23.0 Å². The normalized spacial score (nSPS) is 12.5. The molecule has 0 amide bonds. The zero-order valence-corrected chi connectivity index (χ0v) is 13.0. The monoisotopic (exact) mass is 382 g/mol. The number of nitriles is 1. The maximum atomic E-state index is 13.5. The SMILES string of the molecule is C[C@@H](C#N)OC(=O)CNS(=O)(=O)c1c(F)cc(F)cc1Br. The fourth-order valence-electron chi connectivity index (χ4n) is 1.28. The van der Waals surface area contributed by atoms with Crippen molar-refractivity contribution in [1.29, 1.82) is 5.26 Å². The fraction of sp³-hybridized carbons (Fsp3) is 0.273. The average molecular weight is 383 g/mol. The topological polar surface area (TPSA) is 96.3 Å². The lowest BCUT2D eigenvalue weighted by molar-refractivity contribution is -0.144. The number of ether oxygens (including phenoxy) is 1. The van der Waals surface area contributed by atoms with E-state index in [1.807, 2.05) is 0 Å². The van der Waals surface area contributed by atoms with Gasteiger partial charge in [-0.05, 0) is 28.9 Å². The summed E-state index contributed by atoms with van der Waals surface area (Å²) in [6.07, 6.45) is -1.05. The van der Waals surface area contributed by atoms with E-state index in [-0.39, 0.29) is 4.47 Å². The van der Waals surface area contributed by atoms with Crippen LogP contribution in [0.15, 0.2) is 21.5 Å². The Morgan fingerprint density at radius 2 is 2.14 bits per heavy atom. The number of benzene rings is 1. The molecule has 0 fully saturated rings. The third-order valence-corrected chi connectivity index (χ3v) is 4.49. The third kappa shape index (κ3) is 4.73. The Hall–Kier alpha value is -1.57. The Morgan fingerprint density at radius 1 is 1.52 bits per heavy atom. The highest BCUT2D eigenvalue weighted by Crippen LogP contribution is 2.25. The number of esters is 1. The molecule has 0 spiro atoms. The number of sulfonamides is 1. The van der Waals surface area contributed by atoms with Crippen molar-refractivity contribution in [2.24, 2.45) is 0 Å². The van der Waals surface area contributed by atoms with Crippen molar-refractivity contribution in [2.75, 3.05) is 6.54 Å². The van der Waals surface area contributed by atoms with Crippen molar-refractivity contribution in [1.82, 2.24) is 4.72 Å². The highest BCUT2D eigenvalue weighted by atomic mass is 79.9. The van der Waals surface area contributed by atoms with Crippen molar-refractivity contribution < 1.29 is 26.7 Å². The summed E-state index contributed by atoms with van der Waals surface area (Å²) < 4.78 is 56.2. The largest absolute Gasteiger partial charge is 0.446 e. The summed E-state index contributed by atoms with van der Waals surface area (Å²) in [6, 6.07) is 2.79. The molecule has 0 saturated heterocycles. The van der Waals surface area contributed by atoms with E-state index in [1.54, 1.807) is 10.8 Å². The molecule has 1 aromatic carbocycles. The molecule has 1 rings (SSSR count). The van der Waals surface area contributed by atoms with Crippen LogP contribution in [0.4, 0.5) is 8.78 Å². The van der Waals surface area contributed by atoms with Crippen LogP contribution < -0.4 is 4.72 Å². The summed E-state index contributed by atoms with van der Waals surface area (Å²) >= 11 is 2.73. The Bertz CT molecular complexity index is 680. The number of rotatable bonds is 5.